The van der Waals surface area contributed by atoms with Gasteiger partial charge in [-0.2, -0.15) is 0 Å². The van der Waals surface area contributed by atoms with Gasteiger partial charge in [0.05, 0.1) is 5.60 Å². The van der Waals surface area contributed by atoms with Crippen LogP contribution in [-0.4, -0.2) is 23.3 Å². The molecule has 1 aromatic carbocycles. The van der Waals surface area contributed by atoms with Gasteiger partial charge < -0.3 is 10.4 Å². The van der Waals surface area contributed by atoms with E-state index in [-0.39, 0.29) is 11.9 Å². The fourth-order valence-corrected chi connectivity index (χ4v) is 2.12. The van der Waals surface area contributed by atoms with Crippen molar-refractivity contribution in [1.82, 2.24) is 5.32 Å². The van der Waals surface area contributed by atoms with Gasteiger partial charge in [-0.15, -0.1) is 0 Å². The smallest absolute Gasteiger partial charge is 0.126 e. The minimum absolute atomic E-state index is 0.0251. The number of aliphatic hydroxyl groups is 1. The first-order valence-electron chi connectivity index (χ1n) is 5.31. The molecule has 1 heterocycles. The molecule has 82 valence electrons. The van der Waals surface area contributed by atoms with Crippen LogP contribution in [0.25, 0.3) is 0 Å². The molecule has 2 rings (SSSR count). The van der Waals surface area contributed by atoms with Crippen LogP contribution in [0.2, 0.25) is 0 Å². The van der Waals surface area contributed by atoms with E-state index in [1.165, 1.54) is 6.07 Å². The second-order valence-corrected chi connectivity index (χ2v) is 4.30. The molecule has 2 unspecified atom stereocenters. The number of hydrogen-bond donors (Lipinski definition) is 2. The zero-order valence-electron chi connectivity index (χ0n) is 8.83. The Hall–Kier alpha value is -0.930. The lowest BCUT2D eigenvalue weighted by atomic mass is 9.88. The van der Waals surface area contributed by atoms with Crippen molar-refractivity contribution in [1.29, 1.82) is 0 Å². The molecule has 0 spiro atoms. The second-order valence-electron chi connectivity index (χ2n) is 4.30. The van der Waals surface area contributed by atoms with Crippen LogP contribution < -0.4 is 5.32 Å². The summed E-state index contributed by atoms with van der Waals surface area (Å²) in [6.45, 7) is 2.74. The van der Waals surface area contributed by atoms with Gasteiger partial charge in [-0.1, -0.05) is 18.2 Å². The minimum Gasteiger partial charge on any atom is -0.388 e. The minimum atomic E-state index is -0.803. The van der Waals surface area contributed by atoms with Gasteiger partial charge >= 0.3 is 0 Å². The molecule has 0 saturated carbocycles. The average molecular weight is 209 g/mol. The third kappa shape index (κ3) is 2.03. The lowest BCUT2D eigenvalue weighted by Crippen LogP contribution is -2.42. The highest BCUT2D eigenvalue weighted by molar-refractivity contribution is 5.20. The molecule has 1 aromatic rings. The van der Waals surface area contributed by atoms with E-state index in [4.69, 9.17) is 0 Å². The van der Waals surface area contributed by atoms with E-state index in [2.05, 4.69) is 5.32 Å². The third-order valence-electron chi connectivity index (χ3n) is 3.27. The molecule has 0 aromatic heterocycles. The number of benzene rings is 1. The van der Waals surface area contributed by atoms with E-state index in [1.54, 1.807) is 18.2 Å². The van der Waals surface area contributed by atoms with Crippen LogP contribution in [0.15, 0.2) is 24.3 Å². The Kier molecular flexibility index (Phi) is 2.76. The van der Waals surface area contributed by atoms with Crippen LogP contribution in [0.4, 0.5) is 4.39 Å². The number of rotatable bonds is 2. The number of hydrogen-bond acceptors (Lipinski definition) is 2. The van der Waals surface area contributed by atoms with E-state index in [1.807, 2.05) is 6.92 Å². The maximum Gasteiger partial charge on any atom is 0.126 e. The van der Waals surface area contributed by atoms with Crippen LogP contribution in [0, 0.1) is 5.82 Å². The van der Waals surface area contributed by atoms with Gasteiger partial charge in [0.25, 0.3) is 0 Å². The lowest BCUT2D eigenvalue weighted by Gasteiger charge is -2.27. The third-order valence-corrected chi connectivity index (χ3v) is 3.27. The van der Waals surface area contributed by atoms with Crippen molar-refractivity contribution in [2.45, 2.75) is 31.4 Å². The SMILES string of the molecule is CC1NCCC1(O)Cc1ccccc1F. The molecule has 2 atom stereocenters. The van der Waals surface area contributed by atoms with Crippen LogP contribution in [-0.2, 0) is 6.42 Å². The Morgan fingerprint density at radius 1 is 1.53 bits per heavy atom. The van der Waals surface area contributed by atoms with Crippen LogP contribution in [0.1, 0.15) is 18.9 Å². The Morgan fingerprint density at radius 3 is 2.87 bits per heavy atom. The van der Waals surface area contributed by atoms with Crippen molar-refractivity contribution >= 4 is 0 Å². The molecule has 2 nitrogen and oxygen atoms in total. The maximum atomic E-state index is 13.4. The van der Waals surface area contributed by atoms with Gasteiger partial charge in [-0.25, -0.2) is 4.39 Å². The zero-order valence-corrected chi connectivity index (χ0v) is 8.83. The van der Waals surface area contributed by atoms with Gasteiger partial charge in [0.2, 0.25) is 0 Å². The van der Waals surface area contributed by atoms with Crippen molar-refractivity contribution in [3.05, 3.63) is 35.6 Å². The van der Waals surface area contributed by atoms with Crippen LogP contribution in [0.3, 0.4) is 0 Å². The predicted octanol–water partition coefficient (Wildman–Crippen LogP) is 1.48. The number of nitrogens with one attached hydrogen (secondary N) is 1. The second kappa shape index (κ2) is 3.91. The van der Waals surface area contributed by atoms with Crippen molar-refractivity contribution in [3.8, 4) is 0 Å². The average Bonchev–Trinajstić information content (AvgIpc) is 2.51. The molecule has 0 amide bonds. The summed E-state index contributed by atoms with van der Waals surface area (Å²) < 4.78 is 13.4. The van der Waals surface area contributed by atoms with Crippen molar-refractivity contribution in [2.24, 2.45) is 0 Å². The first-order valence-corrected chi connectivity index (χ1v) is 5.31. The standard InChI is InChI=1S/C12H16FNO/c1-9-12(15,6-7-14-9)8-10-4-2-3-5-11(10)13/h2-5,9,14-15H,6-8H2,1H3. The van der Waals surface area contributed by atoms with Crippen molar-refractivity contribution < 1.29 is 9.50 Å². The first-order chi connectivity index (χ1) is 7.12. The Balaban J connectivity index is 2.18. The summed E-state index contributed by atoms with van der Waals surface area (Å²) in [7, 11) is 0. The van der Waals surface area contributed by atoms with E-state index >= 15 is 0 Å². The van der Waals surface area contributed by atoms with Crippen LogP contribution in [0.5, 0.6) is 0 Å². The largest absolute Gasteiger partial charge is 0.388 e. The molecular weight excluding hydrogens is 193 g/mol. The molecular formula is C12H16FNO. The van der Waals surface area contributed by atoms with Crippen molar-refractivity contribution in [2.75, 3.05) is 6.54 Å². The fraction of sp³-hybridized carbons (Fsp3) is 0.500. The summed E-state index contributed by atoms with van der Waals surface area (Å²) in [5, 5.41) is 13.5. The molecule has 0 radical (unpaired) electrons. The van der Waals surface area contributed by atoms with E-state index in [0.29, 0.717) is 18.4 Å². The van der Waals surface area contributed by atoms with Crippen molar-refractivity contribution in [3.63, 3.8) is 0 Å². The molecule has 3 heteroatoms. The Morgan fingerprint density at radius 2 is 2.27 bits per heavy atom. The summed E-state index contributed by atoms with van der Waals surface area (Å²) in [5.41, 5.74) is -0.210. The summed E-state index contributed by atoms with van der Waals surface area (Å²) in [5.74, 6) is -0.231. The highest BCUT2D eigenvalue weighted by Gasteiger charge is 2.38. The maximum absolute atomic E-state index is 13.4. The topological polar surface area (TPSA) is 32.3 Å². The molecule has 1 aliphatic rings. The summed E-state index contributed by atoms with van der Waals surface area (Å²) >= 11 is 0. The Bertz CT molecular complexity index is 355. The zero-order chi connectivity index (χ0) is 10.9. The Labute approximate surface area is 89.1 Å². The molecule has 15 heavy (non-hydrogen) atoms. The van der Waals surface area contributed by atoms with E-state index < -0.39 is 5.60 Å². The molecule has 1 saturated heterocycles. The fourth-order valence-electron chi connectivity index (χ4n) is 2.12. The molecule has 0 bridgehead atoms. The summed E-state index contributed by atoms with van der Waals surface area (Å²) in [4.78, 5) is 0. The number of halogens is 1. The molecule has 1 aliphatic heterocycles. The van der Waals surface area contributed by atoms with E-state index in [0.717, 1.165) is 6.54 Å². The summed E-state index contributed by atoms with van der Waals surface area (Å²) in [6, 6.07) is 6.66. The summed E-state index contributed by atoms with van der Waals surface area (Å²) in [6.07, 6.45) is 1.07. The highest BCUT2D eigenvalue weighted by Crippen LogP contribution is 2.26. The van der Waals surface area contributed by atoms with Crippen LogP contribution >= 0.6 is 0 Å². The lowest BCUT2D eigenvalue weighted by molar-refractivity contribution is 0.0327. The van der Waals surface area contributed by atoms with Gasteiger partial charge in [0.15, 0.2) is 0 Å². The van der Waals surface area contributed by atoms with Gasteiger partial charge in [0.1, 0.15) is 5.82 Å². The predicted molar refractivity (Wildman–Crippen MR) is 57.1 cm³/mol. The van der Waals surface area contributed by atoms with Gasteiger partial charge in [-0.3, -0.25) is 0 Å². The van der Waals surface area contributed by atoms with E-state index in [9.17, 15) is 9.50 Å². The van der Waals surface area contributed by atoms with Gasteiger partial charge in [0, 0.05) is 12.5 Å². The first kappa shape index (κ1) is 10.6. The molecule has 2 N–H and O–H groups in total. The monoisotopic (exact) mass is 209 g/mol. The molecule has 0 aliphatic carbocycles. The highest BCUT2D eigenvalue weighted by atomic mass is 19.1. The van der Waals surface area contributed by atoms with Gasteiger partial charge in [-0.05, 0) is 31.5 Å². The molecule has 1 fully saturated rings. The normalized spacial score (nSPS) is 30.7. The quantitative estimate of drug-likeness (QED) is 0.773.